The number of benzene rings is 2. The van der Waals surface area contributed by atoms with Crippen molar-refractivity contribution in [3.05, 3.63) is 66.4 Å². The lowest BCUT2D eigenvalue weighted by atomic mass is 9.73. The average molecular weight is 377 g/mol. The SMILES string of the molecule is CC(C)Cn1ccc2c(NC(=O)C3(c4ccccc4)CCOCC3)cccc21. The highest BCUT2D eigenvalue weighted by Crippen LogP contribution is 2.37. The second kappa shape index (κ2) is 7.80. The predicted molar refractivity (Wildman–Crippen MR) is 114 cm³/mol. The molecule has 1 aliphatic heterocycles. The van der Waals surface area contributed by atoms with Gasteiger partial charge in [-0.05, 0) is 42.5 Å². The van der Waals surface area contributed by atoms with E-state index in [0.717, 1.165) is 28.7 Å². The first-order valence-electron chi connectivity index (χ1n) is 10.1. The van der Waals surface area contributed by atoms with Crippen molar-refractivity contribution in [3.63, 3.8) is 0 Å². The van der Waals surface area contributed by atoms with Crippen LogP contribution in [0.5, 0.6) is 0 Å². The van der Waals surface area contributed by atoms with Gasteiger partial charge in [-0.3, -0.25) is 4.79 Å². The van der Waals surface area contributed by atoms with Crippen molar-refractivity contribution < 1.29 is 9.53 Å². The number of amides is 1. The molecule has 1 N–H and O–H groups in total. The van der Waals surface area contributed by atoms with Gasteiger partial charge in [0.25, 0.3) is 0 Å². The van der Waals surface area contributed by atoms with E-state index in [9.17, 15) is 4.79 Å². The van der Waals surface area contributed by atoms with E-state index in [1.807, 2.05) is 30.3 Å². The van der Waals surface area contributed by atoms with Crippen molar-refractivity contribution in [3.8, 4) is 0 Å². The van der Waals surface area contributed by atoms with Gasteiger partial charge < -0.3 is 14.6 Å². The Morgan fingerprint density at radius 1 is 1.07 bits per heavy atom. The fourth-order valence-electron chi connectivity index (χ4n) is 4.25. The van der Waals surface area contributed by atoms with E-state index in [1.54, 1.807) is 0 Å². The van der Waals surface area contributed by atoms with E-state index >= 15 is 0 Å². The molecule has 0 radical (unpaired) electrons. The second-order valence-electron chi connectivity index (χ2n) is 8.11. The zero-order valence-electron chi connectivity index (χ0n) is 16.7. The van der Waals surface area contributed by atoms with Gasteiger partial charge in [0.05, 0.1) is 16.6 Å². The number of anilines is 1. The van der Waals surface area contributed by atoms with Gasteiger partial charge in [0.2, 0.25) is 5.91 Å². The largest absolute Gasteiger partial charge is 0.381 e. The number of hydrogen-bond donors (Lipinski definition) is 1. The summed E-state index contributed by atoms with van der Waals surface area (Å²) in [7, 11) is 0. The van der Waals surface area contributed by atoms with Gasteiger partial charge in [0, 0.05) is 31.3 Å². The highest BCUT2D eigenvalue weighted by atomic mass is 16.5. The third kappa shape index (κ3) is 3.45. The van der Waals surface area contributed by atoms with Crippen LogP contribution in [0.1, 0.15) is 32.3 Å². The maximum absolute atomic E-state index is 13.5. The number of carbonyl (C=O) groups excluding carboxylic acids is 1. The molecule has 0 bridgehead atoms. The van der Waals surface area contributed by atoms with Crippen LogP contribution in [0.15, 0.2) is 60.8 Å². The Morgan fingerprint density at radius 2 is 1.82 bits per heavy atom. The van der Waals surface area contributed by atoms with E-state index in [4.69, 9.17) is 4.74 Å². The first-order valence-corrected chi connectivity index (χ1v) is 10.1. The van der Waals surface area contributed by atoms with Crippen molar-refractivity contribution in [2.75, 3.05) is 18.5 Å². The maximum Gasteiger partial charge on any atom is 0.235 e. The summed E-state index contributed by atoms with van der Waals surface area (Å²) in [6.07, 6.45) is 3.52. The lowest BCUT2D eigenvalue weighted by Crippen LogP contribution is -2.44. The van der Waals surface area contributed by atoms with E-state index in [1.165, 1.54) is 0 Å². The number of carbonyl (C=O) groups is 1. The molecule has 4 nitrogen and oxygen atoms in total. The first kappa shape index (κ1) is 18.8. The lowest BCUT2D eigenvalue weighted by molar-refractivity contribution is -0.125. The van der Waals surface area contributed by atoms with E-state index in [-0.39, 0.29) is 5.91 Å². The molecule has 2 heterocycles. The molecule has 0 unspecified atom stereocenters. The second-order valence-corrected chi connectivity index (χ2v) is 8.11. The Labute approximate surface area is 166 Å². The molecule has 0 aliphatic carbocycles. The molecular weight excluding hydrogens is 348 g/mol. The van der Waals surface area contributed by atoms with Crippen LogP contribution in [0.25, 0.3) is 10.9 Å². The summed E-state index contributed by atoms with van der Waals surface area (Å²) in [5, 5.41) is 4.34. The maximum atomic E-state index is 13.5. The number of nitrogens with zero attached hydrogens (tertiary/aromatic N) is 1. The van der Waals surface area contributed by atoms with Crippen LogP contribution in [0, 0.1) is 5.92 Å². The quantitative estimate of drug-likeness (QED) is 0.682. The number of aromatic nitrogens is 1. The van der Waals surface area contributed by atoms with Crippen LogP contribution in [0.2, 0.25) is 0 Å². The molecule has 146 valence electrons. The van der Waals surface area contributed by atoms with E-state index < -0.39 is 5.41 Å². The molecule has 1 saturated heterocycles. The fourth-order valence-corrected chi connectivity index (χ4v) is 4.25. The molecule has 1 aromatic heterocycles. The molecule has 4 heteroatoms. The fraction of sp³-hybridized carbons (Fsp3) is 0.375. The van der Waals surface area contributed by atoms with Gasteiger partial charge in [-0.1, -0.05) is 50.2 Å². The number of fused-ring (bicyclic) bond motifs is 1. The predicted octanol–water partition coefficient (Wildman–Crippen LogP) is 4.98. The zero-order valence-corrected chi connectivity index (χ0v) is 16.7. The minimum Gasteiger partial charge on any atom is -0.381 e. The highest BCUT2D eigenvalue weighted by Gasteiger charge is 2.41. The summed E-state index contributed by atoms with van der Waals surface area (Å²) in [6.45, 7) is 6.61. The van der Waals surface area contributed by atoms with Gasteiger partial charge in [-0.15, -0.1) is 0 Å². The standard InChI is InChI=1S/C24H28N2O2/c1-18(2)17-26-14-11-20-21(9-6-10-22(20)26)25-23(27)24(12-15-28-16-13-24)19-7-4-3-5-8-19/h3-11,14,18H,12-13,15-17H2,1-2H3,(H,25,27). The Bertz CT molecular complexity index is 953. The highest BCUT2D eigenvalue weighted by molar-refractivity contribution is 6.05. The molecule has 1 aliphatic rings. The van der Waals surface area contributed by atoms with Gasteiger partial charge in [0.15, 0.2) is 0 Å². The normalized spacial score (nSPS) is 16.4. The Hall–Kier alpha value is -2.59. The number of rotatable bonds is 5. The number of nitrogens with one attached hydrogen (secondary N) is 1. The van der Waals surface area contributed by atoms with Crippen molar-refractivity contribution >= 4 is 22.5 Å². The van der Waals surface area contributed by atoms with Crippen LogP contribution >= 0.6 is 0 Å². The molecular formula is C24H28N2O2. The zero-order chi connectivity index (χ0) is 19.6. The van der Waals surface area contributed by atoms with Gasteiger partial charge >= 0.3 is 0 Å². The van der Waals surface area contributed by atoms with E-state index in [2.05, 4.69) is 54.2 Å². The number of ether oxygens (including phenoxy) is 1. The molecule has 4 rings (SSSR count). The summed E-state index contributed by atoms with van der Waals surface area (Å²) in [5.74, 6) is 0.628. The Balaban J connectivity index is 1.68. The molecule has 2 aromatic carbocycles. The molecule has 1 amide bonds. The summed E-state index contributed by atoms with van der Waals surface area (Å²) in [6, 6.07) is 18.4. The summed E-state index contributed by atoms with van der Waals surface area (Å²) < 4.78 is 7.83. The topological polar surface area (TPSA) is 43.3 Å². The third-order valence-electron chi connectivity index (χ3n) is 5.73. The first-order chi connectivity index (χ1) is 13.6. The molecule has 3 aromatic rings. The van der Waals surface area contributed by atoms with Crippen LogP contribution in [-0.4, -0.2) is 23.7 Å². The van der Waals surface area contributed by atoms with Crippen molar-refractivity contribution in [1.29, 1.82) is 0 Å². The van der Waals surface area contributed by atoms with Crippen molar-refractivity contribution in [1.82, 2.24) is 4.57 Å². The Kier molecular flexibility index (Phi) is 5.23. The molecule has 1 fully saturated rings. The van der Waals surface area contributed by atoms with Gasteiger partial charge in [-0.25, -0.2) is 0 Å². The van der Waals surface area contributed by atoms with E-state index in [0.29, 0.717) is 32.0 Å². The Morgan fingerprint density at radius 3 is 2.54 bits per heavy atom. The van der Waals surface area contributed by atoms with Crippen molar-refractivity contribution in [2.45, 2.75) is 38.6 Å². The van der Waals surface area contributed by atoms with Crippen LogP contribution < -0.4 is 5.32 Å². The molecule has 0 spiro atoms. The lowest BCUT2D eigenvalue weighted by Gasteiger charge is -2.36. The minimum absolute atomic E-state index is 0.0612. The summed E-state index contributed by atoms with van der Waals surface area (Å²) in [5.41, 5.74) is 2.57. The average Bonchev–Trinajstić information content (AvgIpc) is 3.12. The minimum atomic E-state index is -0.540. The van der Waals surface area contributed by atoms with Crippen molar-refractivity contribution in [2.24, 2.45) is 5.92 Å². The number of hydrogen-bond acceptors (Lipinski definition) is 2. The van der Waals surface area contributed by atoms with Gasteiger partial charge in [-0.2, -0.15) is 0 Å². The molecule has 28 heavy (non-hydrogen) atoms. The van der Waals surface area contributed by atoms with Crippen LogP contribution in [0.3, 0.4) is 0 Å². The van der Waals surface area contributed by atoms with Gasteiger partial charge in [0.1, 0.15) is 0 Å². The third-order valence-corrected chi connectivity index (χ3v) is 5.73. The van der Waals surface area contributed by atoms with Crippen LogP contribution in [-0.2, 0) is 21.5 Å². The molecule has 0 saturated carbocycles. The van der Waals surface area contributed by atoms with Crippen LogP contribution in [0.4, 0.5) is 5.69 Å². The monoisotopic (exact) mass is 376 g/mol. The summed E-state index contributed by atoms with van der Waals surface area (Å²) in [4.78, 5) is 13.5. The molecule has 0 atom stereocenters. The summed E-state index contributed by atoms with van der Waals surface area (Å²) >= 11 is 0. The smallest absolute Gasteiger partial charge is 0.235 e.